The highest BCUT2D eigenvalue weighted by molar-refractivity contribution is 5.39. The molecule has 1 fully saturated rings. The van der Waals surface area contributed by atoms with E-state index in [2.05, 4.69) is 47.1 Å². The van der Waals surface area contributed by atoms with Gasteiger partial charge in [0.15, 0.2) is 11.5 Å². The molecule has 0 bridgehead atoms. The third kappa shape index (κ3) is 5.54. The van der Waals surface area contributed by atoms with Gasteiger partial charge in [0, 0.05) is 0 Å². The third-order valence-corrected chi connectivity index (χ3v) is 4.87. The molecule has 26 heavy (non-hydrogen) atoms. The number of piperidine rings is 1. The van der Waals surface area contributed by atoms with Crippen molar-refractivity contribution in [3.05, 3.63) is 60.2 Å². The van der Waals surface area contributed by atoms with Gasteiger partial charge in [0.05, 0.1) is 13.7 Å². The molecule has 0 aliphatic carbocycles. The molecule has 2 aromatic rings. The predicted octanol–water partition coefficient (Wildman–Crippen LogP) is 4.03. The topological polar surface area (TPSA) is 21.7 Å². The molecular weight excluding hydrogens is 322 g/mol. The van der Waals surface area contributed by atoms with Crippen LogP contribution in [-0.2, 0) is 6.42 Å². The molecule has 1 saturated heterocycles. The van der Waals surface area contributed by atoms with E-state index < -0.39 is 0 Å². The van der Waals surface area contributed by atoms with Gasteiger partial charge in [0.25, 0.3) is 0 Å². The van der Waals surface area contributed by atoms with Gasteiger partial charge in [-0.25, -0.2) is 0 Å². The van der Waals surface area contributed by atoms with Crippen molar-refractivity contribution >= 4 is 0 Å². The maximum Gasteiger partial charge on any atom is 0.162 e. The summed E-state index contributed by atoms with van der Waals surface area (Å²) in [5.41, 5.74) is 1.46. The van der Waals surface area contributed by atoms with Crippen molar-refractivity contribution in [1.29, 1.82) is 0 Å². The molecule has 136 valence electrons. The van der Waals surface area contributed by atoms with Crippen molar-refractivity contribution in [1.82, 2.24) is 4.90 Å². The third-order valence-electron chi connectivity index (χ3n) is 4.87. The van der Waals surface area contributed by atoms with Crippen LogP contribution in [0.25, 0.3) is 0 Å². The monoisotopic (exact) mass is 349 g/mol. The molecule has 0 aromatic heterocycles. The van der Waals surface area contributed by atoms with Crippen molar-refractivity contribution in [3.63, 3.8) is 0 Å². The van der Waals surface area contributed by atoms with E-state index in [1.54, 1.807) is 7.11 Å². The summed E-state index contributed by atoms with van der Waals surface area (Å²) < 4.78 is 11.0. The second-order valence-electron chi connectivity index (χ2n) is 6.70. The number of likely N-dealkylation sites (tertiary alicyclic amines) is 1. The second-order valence-corrected chi connectivity index (χ2v) is 6.70. The lowest BCUT2D eigenvalue weighted by Crippen LogP contribution is -2.34. The normalized spacial score (nSPS) is 15.1. The van der Waals surface area contributed by atoms with E-state index in [-0.39, 0.29) is 0 Å². The summed E-state index contributed by atoms with van der Waals surface area (Å²) in [6.45, 7) is 3.50. The van der Waals surface area contributed by atoms with Crippen molar-refractivity contribution in [2.75, 3.05) is 33.4 Å². The summed E-state index contributed by atoms with van der Waals surface area (Å²) in [5.74, 6) is 8.64. The smallest absolute Gasteiger partial charge is 0.162 e. The van der Waals surface area contributed by atoms with Gasteiger partial charge >= 0.3 is 0 Å². The SMILES string of the molecule is COc1ccccc1OCC#CCN1CCC(Cc2ccccc2)CC1. The van der Waals surface area contributed by atoms with Crippen LogP contribution in [0.15, 0.2) is 54.6 Å². The van der Waals surface area contributed by atoms with Gasteiger partial charge in [0.2, 0.25) is 0 Å². The zero-order chi connectivity index (χ0) is 18.0. The first-order valence-electron chi connectivity index (χ1n) is 9.33. The van der Waals surface area contributed by atoms with E-state index in [1.165, 1.54) is 24.8 Å². The molecule has 0 radical (unpaired) electrons. The molecular formula is C23H27NO2. The molecule has 1 heterocycles. The second kappa shape index (κ2) is 9.89. The lowest BCUT2D eigenvalue weighted by Gasteiger charge is -2.30. The molecule has 3 rings (SSSR count). The largest absolute Gasteiger partial charge is 0.493 e. The summed E-state index contributed by atoms with van der Waals surface area (Å²) in [6, 6.07) is 18.5. The van der Waals surface area contributed by atoms with E-state index in [1.807, 2.05) is 24.3 Å². The highest BCUT2D eigenvalue weighted by Crippen LogP contribution is 2.25. The van der Waals surface area contributed by atoms with Crippen molar-refractivity contribution in [3.8, 4) is 23.3 Å². The number of para-hydroxylation sites is 2. The lowest BCUT2D eigenvalue weighted by molar-refractivity contribution is 0.203. The maximum atomic E-state index is 5.68. The zero-order valence-corrected chi connectivity index (χ0v) is 15.5. The first kappa shape index (κ1) is 18.4. The van der Waals surface area contributed by atoms with E-state index >= 15 is 0 Å². The van der Waals surface area contributed by atoms with Crippen LogP contribution in [0.3, 0.4) is 0 Å². The van der Waals surface area contributed by atoms with Gasteiger partial charge in [0.1, 0.15) is 6.61 Å². The molecule has 2 aromatic carbocycles. The Bertz CT molecular complexity index is 725. The summed E-state index contributed by atoms with van der Waals surface area (Å²) in [5, 5.41) is 0. The molecule has 1 aliphatic heterocycles. The molecule has 0 N–H and O–H groups in total. The number of rotatable bonds is 6. The van der Waals surface area contributed by atoms with Crippen LogP contribution < -0.4 is 9.47 Å². The molecule has 3 nitrogen and oxygen atoms in total. The molecule has 0 spiro atoms. The van der Waals surface area contributed by atoms with Crippen LogP contribution >= 0.6 is 0 Å². The van der Waals surface area contributed by atoms with Crippen LogP contribution in [0.2, 0.25) is 0 Å². The van der Waals surface area contributed by atoms with E-state index in [4.69, 9.17) is 9.47 Å². The maximum absolute atomic E-state index is 5.68. The van der Waals surface area contributed by atoms with E-state index in [0.717, 1.165) is 37.1 Å². The molecule has 1 aliphatic rings. The molecule has 0 atom stereocenters. The van der Waals surface area contributed by atoms with Crippen molar-refractivity contribution < 1.29 is 9.47 Å². The minimum absolute atomic E-state index is 0.394. The number of benzene rings is 2. The van der Waals surface area contributed by atoms with Crippen LogP contribution in [0.4, 0.5) is 0 Å². The number of methoxy groups -OCH3 is 1. The Labute approximate surface area is 156 Å². The van der Waals surface area contributed by atoms with Crippen LogP contribution in [-0.4, -0.2) is 38.3 Å². The summed E-state index contributed by atoms with van der Waals surface area (Å²) in [4.78, 5) is 2.44. The average molecular weight is 349 g/mol. The summed E-state index contributed by atoms with van der Waals surface area (Å²) in [7, 11) is 1.65. The zero-order valence-electron chi connectivity index (χ0n) is 15.5. The Morgan fingerprint density at radius 1 is 0.923 bits per heavy atom. The number of ether oxygens (including phenoxy) is 2. The first-order chi connectivity index (χ1) is 12.8. The standard InChI is InChI=1S/C23H27NO2/c1-25-22-11-5-6-12-23(22)26-18-8-7-15-24-16-13-21(14-17-24)19-20-9-3-2-4-10-20/h2-6,9-12,21H,13-19H2,1H3. The van der Waals surface area contributed by atoms with E-state index in [9.17, 15) is 0 Å². The first-order valence-corrected chi connectivity index (χ1v) is 9.33. The minimum atomic E-state index is 0.394. The van der Waals surface area contributed by atoms with E-state index in [0.29, 0.717) is 6.61 Å². The lowest BCUT2D eigenvalue weighted by atomic mass is 9.90. The average Bonchev–Trinajstić information content (AvgIpc) is 2.70. The summed E-state index contributed by atoms with van der Waals surface area (Å²) >= 11 is 0. The Morgan fingerprint density at radius 3 is 2.35 bits per heavy atom. The molecule has 3 heteroatoms. The summed E-state index contributed by atoms with van der Waals surface area (Å²) in [6.07, 6.45) is 3.72. The number of nitrogens with zero attached hydrogens (tertiary/aromatic N) is 1. The highest BCUT2D eigenvalue weighted by atomic mass is 16.5. The van der Waals surface area contributed by atoms with Crippen molar-refractivity contribution in [2.45, 2.75) is 19.3 Å². The van der Waals surface area contributed by atoms with Crippen LogP contribution in [0, 0.1) is 17.8 Å². The van der Waals surface area contributed by atoms with Crippen molar-refractivity contribution in [2.24, 2.45) is 5.92 Å². The number of hydrogen-bond acceptors (Lipinski definition) is 3. The number of hydrogen-bond donors (Lipinski definition) is 0. The Kier molecular flexibility index (Phi) is 6.98. The molecule has 0 saturated carbocycles. The van der Waals surface area contributed by atoms with Gasteiger partial charge in [-0.1, -0.05) is 54.3 Å². The quantitative estimate of drug-likeness (QED) is 0.735. The molecule has 0 amide bonds. The minimum Gasteiger partial charge on any atom is -0.493 e. The fraction of sp³-hybridized carbons (Fsp3) is 0.391. The van der Waals surface area contributed by atoms with Crippen LogP contribution in [0.5, 0.6) is 11.5 Å². The van der Waals surface area contributed by atoms with Gasteiger partial charge in [-0.05, 0) is 56.0 Å². The van der Waals surface area contributed by atoms with Gasteiger partial charge in [-0.2, -0.15) is 0 Å². The molecule has 0 unspecified atom stereocenters. The van der Waals surface area contributed by atoms with Gasteiger partial charge in [-0.3, -0.25) is 4.90 Å². The van der Waals surface area contributed by atoms with Gasteiger partial charge < -0.3 is 9.47 Å². The highest BCUT2D eigenvalue weighted by Gasteiger charge is 2.18. The van der Waals surface area contributed by atoms with Crippen LogP contribution in [0.1, 0.15) is 18.4 Å². The Balaban J connectivity index is 1.36. The Morgan fingerprint density at radius 2 is 1.62 bits per heavy atom. The van der Waals surface area contributed by atoms with Gasteiger partial charge in [-0.15, -0.1) is 0 Å². The fourth-order valence-corrected chi connectivity index (χ4v) is 3.37. The Hall–Kier alpha value is -2.44. The fourth-order valence-electron chi connectivity index (χ4n) is 3.37. The predicted molar refractivity (Wildman–Crippen MR) is 106 cm³/mol.